The van der Waals surface area contributed by atoms with Crippen LogP contribution in [0.15, 0.2) is 34.8 Å². The summed E-state index contributed by atoms with van der Waals surface area (Å²) in [6.07, 6.45) is 2.77. The first-order chi connectivity index (χ1) is 18.2. The lowest BCUT2D eigenvalue weighted by atomic mass is 9.44. The highest BCUT2D eigenvalue weighted by Crippen LogP contribution is 2.79. The highest BCUT2D eigenvalue weighted by molar-refractivity contribution is 5.97. The normalized spacial score (nSPS) is 49.1. The molecule has 2 N–H and O–H groups in total. The number of fused-ring (bicyclic) bond motifs is 3. The van der Waals surface area contributed by atoms with Crippen LogP contribution in [0, 0.1) is 28.1 Å². The summed E-state index contributed by atoms with van der Waals surface area (Å²) >= 11 is 0. The summed E-state index contributed by atoms with van der Waals surface area (Å²) in [5.41, 5.74) is -5.06. The Kier molecular flexibility index (Phi) is 5.41. The number of rotatable bonds is 5. The van der Waals surface area contributed by atoms with Crippen LogP contribution in [0.2, 0.25) is 0 Å². The molecule has 10 nitrogen and oxygen atoms in total. The van der Waals surface area contributed by atoms with Crippen LogP contribution < -0.4 is 0 Å². The molecular formula is C29H36O10. The molecule has 4 fully saturated rings. The van der Waals surface area contributed by atoms with Crippen molar-refractivity contribution in [3.63, 3.8) is 0 Å². The molecule has 2 saturated carbocycles. The summed E-state index contributed by atoms with van der Waals surface area (Å²) in [5.74, 6) is -2.86. The van der Waals surface area contributed by atoms with Crippen LogP contribution in [0.25, 0.3) is 0 Å². The molecule has 212 valence electrons. The van der Waals surface area contributed by atoms with Crippen LogP contribution >= 0.6 is 0 Å². The molecule has 39 heavy (non-hydrogen) atoms. The third kappa shape index (κ3) is 2.95. The fourth-order valence-electron chi connectivity index (χ4n) is 9.33. The zero-order valence-corrected chi connectivity index (χ0v) is 23.1. The van der Waals surface area contributed by atoms with Crippen LogP contribution in [-0.2, 0) is 33.3 Å². The Labute approximate surface area is 226 Å². The third-order valence-corrected chi connectivity index (χ3v) is 11.2. The van der Waals surface area contributed by atoms with Gasteiger partial charge in [0.15, 0.2) is 5.78 Å². The number of carbonyl (C=O) groups excluding carboxylic acids is 3. The number of ether oxygens (including phenoxy) is 4. The van der Waals surface area contributed by atoms with E-state index in [9.17, 15) is 24.6 Å². The summed E-state index contributed by atoms with van der Waals surface area (Å²) in [7, 11) is 1.27. The van der Waals surface area contributed by atoms with Gasteiger partial charge in [0.2, 0.25) is 0 Å². The number of methoxy groups -OCH3 is 1. The molecule has 0 aromatic carbocycles. The molecule has 6 rings (SSSR count). The van der Waals surface area contributed by atoms with E-state index in [1.807, 2.05) is 19.9 Å². The molecule has 2 aliphatic heterocycles. The molecule has 10 heteroatoms. The van der Waals surface area contributed by atoms with Gasteiger partial charge in [0.1, 0.15) is 35.8 Å². The molecule has 0 radical (unpaired) electrons. The van der Waals surface area contributed by atoms with Crippen LogP contribution in [0.3, 0.4) is 0 Å². The van der Waals surface area contributed by atoms with Gasteiger partial charge >= 0.3 is 11.9 Å². The van der Waals surface area contributed by atoms with Gasteiger partial charge in [0, 0.05) is 35.7 Å². The van der Waals surface area contributed by atoms with Gasteiger partial charge in [0.25, 0.3) is 0 Å². The lowest BCUT2D eigenvalue weighted by molar-refractivity contribution is -0.244. The average molecular weight is 545 g/mol. The second-order valence-corrected chi connectivity index (χ2v) is 12.8. The predicted octanol–water partition coefficient (Wildman–Crippen LogP) is 2.27. The highest BCUT2D eigenvalue weighted by atomic mass is 16.6. The van der Waals surface area contributed by atoms with Crippen molar-refractivity contribution >= 4 is 17.7 Å². The van der Waals surface area contributed by atoms with Gasteiger partial charge in [0.05, 0.1) is 37.6 Å². The summed E-state index contributed by atoms with van der Waals surface area (Å²) in [4.78, 5) is 38.2. The number of carbonyl (C=O) groups is 3. The smallest absolute Gasteiger partial charge is 0.305 e. The number of esters is 2. The second kappa shape index (κ2) is 7.95. The number of hydrogen-bond donors (Lipinski definition) is 2. The largest absolute Gasteiger partial charge is 0.491 e. The lowest BCUT2D eigenvalue weighted by Gasteiger charge is -2.59. The van der Waals surface area contributed by atoms with Crippen LogP contribution in [0.1, 0.15) is 58.9 Å². The molecule has 0 unspecified atom stereocenters. The monoisotopic (exact) mass is 544 g/mol. The van der Waals surface area contributed by atoms with E-state index in [1.165, 1.54) is 20.1 Å². The number of furan rings is 1. The number of aliphatic hydroxyl groups is 2. The molecule has 2 saturated heterocycles. The number of allylic oxidation sites excluding steroid dienone is 2. The van der Waals surface area contributed by atoms with E-state index in [-0.39, 0.29) is 30.8 Å². The average Bonchev–Trinajstić information content (AvgIpc) is 3.15. The quantitative estimate of drug-likeness (QED) is 0.418. The molecule has 11 atom stereocenters. The topological polar surface area (TPSA) is 145 Å². The maximum absolute atomic E-state index is 13.6. The standard InChI is InChI=1S/C29H36O10/c1-14(30)37-13-25(2)17(10-21(32)35-6)26(3)19(11-18(25)31)38-22-23(26)28(5,34)29-20(39-29)9-16(15-7-8-36-12-15)27(29,4)24(22)33/h7-8,11-12,16-17,20,22-24,33-34H,9-10,13H2,1-6H3/t16-,17-,20+,22-,23+,24-,25+,26+,27+,28+,29+/m0/s1. The molecular weight excluding hydrogens is 508 g/mol. The highest BCUT2D eigenvalue weighted by Gasteiger charge is 2.90. The molecule has 0 bridgehead atoms. The maximum atomic E-state index is 13.6. The molecule has 0 amide bonds. The van der Waals surface area contributed by atoms with Crippen molar-refractivity contribution < 1.29 is 48.0 Å². The zero-order valence-electron chi connectivity index (χ0n) is 23.1. The maximum Gasteiger partial charge on any atom is 0.305 e. The van der Waals surface area contributed by atoms with Gasteiger partial charge in [-0.05, 0) is 37.8 Å². The Hall–Kier alpha value is -2.69. The van der Waals surface area contributed by atoms with Crippen molar-refractivity contribution in [1.82, 2.24) is 0 Å². The van der Waals surface area contributed by atoms with Crippen molar-refractivity contribution in [3.05, 3.63) is 36.0 Å². The third-order valence-electron chi connectivity index (χ3n) is 11.2. The van der Waals surface area contributed by atoms with E-state index >= 15 is 0 Å². The van der Waals surface area contributed by atoms with Crippen molar-refractivity contribution in [2.24, 2.45) is 28.1 Å². The number of ketones is 1. The number of aliphatic hydroxyl groups excluding tert-OH is 1. The van der Waals surface area contributed by atoms with Crippen molar-refractivity contribution in [2.75, 3.05) is 13.7 Å². The minimum absolute atomic E-state index is 0.160. The SMILES string of the molecule is COC(=O)C[C@@H]1[C@]2(C)C(=CC(=O)[C@]1(C)COC(C)=O)O[C@H]1[C@H]2[C@@](C)(O)[C@@]23O[C@@H]2C[C@@H](c2ccoc2)[C@]3(C)[C@H]1O. The van der Waals surface area contributed by atoms with E-state index in [4.69, 9.17) is 23.4 Å². The van der Waals surface area contributed by atoms with E-state index in [2.05, 4.69) is 0 Å². The first kappa shape index (κ1) is 26.5. The van der Waals surface area contributed by atoms with Crippen LogP contribution in [-0.4, -0.2) is 71.2 Å². The summed E-state index contributed by atoms with van der Waals surface area (Å²) in [5, 5.41) is 24.8. The molecule has 1 aromatic heterocycles. The van der Waals surface area contributed by atoms with Crippen LogP contribution in [0.4, 0.5) is 0 Å². The Balaban J connectivity index is 1.51. The van der Waals surface area contributed by atoms with Crippen molar-refractivity contribution in [2.45, 2.75) is 82.9 Å². The van der Waals surface area contributed by atoms with Gasteiger partial charge in [-0.15, -0.1) is 0 Å². The van der Waals surface area contributed by atoms with E-state index in [1.54, 1.807) is 26.4 Å². The molecule has 5 aliphatic rings. The molecule has 3 aliphatic carbocycles. The molecule has 1 aromatic rings. The minimum Gasteiger partial charge on any atom is -0.491 e. The lowest BCUT2D eigenvalue weighted by Crippen LogP contribution is -2.73. The summed E-state index contributed by atoms with van der Waals surface area (Å²) in [6.45, 7) is 8.17. The minimum atomic E-state index is -1.53. The number of epoxide rings is 1. The van der Waals surface area contributed by atoms with Crippen LogP contribution in [0.5, 0.6) is 0 Å². The summed E-state index contributed by atoms with van der Waals surface area (Å²) in [6, 6.07) is 1.87. The van der Waals surface area contributed by atoms with Gasteiger partial charge in [-0.25, -0.2) is 0 Å². The van der Waals surface area contributed by atoms with Gasteiger partial charge < -0.3 is 33.6 Å². The van der Waals surface area contributed by atoms with Crippen molar-refractivity contribution in [1.29, 1.82) is 0 Å². The first-order valence-corrected chi connectivity index (χ1v) is 13.4. The number of hydrogen-bond acceptors (Lipinski definition) is 10. The van der Waals surface area contributed by atoms with E-state index in [0.29, 0.717) is 12.2 Å². The first-order valence-electron chi connectivity index (χ1n) is 13.4. The zero-order chi connectivity index (χ0) is 28.3. The van der Waals surface area contributed by atoms with E-state index in [0.717, 1.165) is 5.56 Å². The fourth-order valence-corrected chi connectivity index (χ4v) is 9.33. The second-order valence-electron chi connectivity index (χ2n) is 12.8. The van der Waals surface area contributed by atoms with Gasteiger partial charge in [-0.2, -0.15) is 0 Å². The Morgan fingerprint density at radius 1 is 1.21 bits per heavy atom. The summed E-state index contributed by atoms with van der Waals surface area (Å²) < 4.78 is 28.5. The predicted molar refractivity (Wildman–Crippen MR) is 133 cm³/mol. The van der Waals surface area contributed by atoms with Gasteiger partial charge in [-0.1, -0.05) is 13.8 Å². The fraction of sp³-hybridized carbons (Fsp3) is 0.690. The van der Waals surface area contributed by atoms with Crippen molar-refractivity contribution in [3.8, 4) is 0 Å². The Bertz CT molecular complexity index is 1270. The Morgan fingerprint density at radius 2 is 1.92 bits per heavy atom. The van der Waals surface area contributed by atoms with E-state index < -0.39 is 63.4 Å². The van der Waals surface area contributed by atoms with Gasteiger partial charge in [-0.3, -0.25) is 14.4 Å². The molecule has 1 spiro atoms. The molecule has 3 heterocycles. The Morgan fingerprint density at radius 3 is 2.54 bits per heavy atom.